The van der Waals surface area contributed by atoms with E-state index in [2.05, 4.69) is 17.0 Å². The first-order valence-corrected chi connectivity index (χ1v) is 9.43. The molecule has 0 spiro atoms. The first-order chi connectivity index (χ1) is 10.0. The van der Waals surface area contributed by atoms with Gasteiger partial charge in [-0.05, 0) is 43.8 Å². The Kier molecular flexibility index (Phi) is 8.57. The molecular weight excluding hydrogens is 284 g/mol. The van der Waals surface area contributed by atoms with Crippen molar-refractivity contribution in [2.75, 3.05) is 25.4 Å². The molecule has 1 atom stereocenters. The summed E-state index contributed by atoms with van der Waals surface area (Å²) >= 11 is 0. The summed E-state index contributed by atoms with van der Waals surface area (Å²) in [5.41, 5.74) is 1.16. The molecule has 0 aliphatic carbocycles. The Balaban J connectivity index is 2.23. The van der Waals surface area contributed by atoms with Crippen LogP contribution in [0.3, 0.4) is 0 Å². The highest BCUT2D eigenvalue weighted by molar-refractivity contribution is 7.89. The van der Waals surface area contributed by atoms with Crippen LogP contribution in [0.4, 0.5) is 0 Å². The van der Waals surface area contributed by atoms with Crippen LogP contribution >= 0.6 is 0 Å². The predicted molar refractivity (Wildman–Crippen MR) is 89.0 cm³/mol. The fourth-order valence-corrected chi connectivity index (χ4v) is 3.30. The minimum absolute atomic E-state index is 0.187. The number of nitrogens with one attached hydrogen (secondary N) is 2. The lowest BCUT2D eigenvalue weighted by molar-refractivity contribution is 0.567. The molecule has 1 aromatic rings. The Morgan fingerprint density at radius 3 is 2.48 bits per heavy atom. The number of rotatable bonds is 11. The summed E-state index contributed by atoms with van der Waals surface area (Å²) in [6.45, 7) is 6.51. The van der Waals surface area contributed by atoms with Crippen LogP contribution in [0.5, 0.6) is 0 Å². The second-order valence-electron chi connectivity index (χ2n) is 5.44. The van der Waals surface area contributed by atoms with Crippen LogP contribution < -0.4 is 10.0 Å². The van der Waals surface area contributed by atoms with Crippen molar-refractivity contribution in [1.82, 2.24) is 10.0 Å². The van der Waals surface area contributed by atoms with Crippen LogP contribution in [0.25, 0.3) is 0 Å². The molecule has 1 unspecified atom stereocenters. The van der Waals surface area contributed by atoms with Gasteiger partial charge in [-0.3, -0.25) is 0 Å². The maximum atomic E-state index is 11.9. The topological polar surface area (TPSA) is 58.2 Å². The van der Waals surface area contributed by atoms with Gasteiger partial charge in [0.05, 0.1) is 5.75 Å². The fourth-order valence-electron chi connectivity index (χ4n) is 2.07. The normalized spacial score (nSPS) is 13.2. The van der Waals surface area contributed by atoms with Crippen LogP contribution in [-0.4, -0.2) is 33.8 Å². The molecule has 21 heavy (non-hydrogen) atoms. The lowest BCUT2D eigenvalue weighted by Gasteiger charge is -2.13. The van der Waals surface area contributed by atoms with Gasteiger partial charge < -0.3 is 5.32 Å². The average molecular weight is 312 g/mol. The van der Waals surface area contributed by atoms with Gasteiger partial charge in [0.25, 0.3) is 0 Å². The van der Waals surface area contributed by atoms with Crippen molar-refractivity contribution in [2.45, 2.75) is 39.0 Å². The van der Waals surface area contributed by atoms with Gasteiger partial charge >= 0.3 is 0 Å². The second-order valence-corrected chi connectivity index (χ2v) is 7.36. The van der Waals surface area contributed by atoms with E-state index in [1.165, 1.54) is 0 Å². The van der Waals surface area contributed by atoms with Crippen molar-refractivity contribution in [1.29, 1.82) is 0 Å². The Morgan fingerprint density at radius 1 is 1.10 bits per heavy atom. The molecule has 0 fully saturated rings. The summed E-state index contributed by atoms with van der Waals surface area (Å²) in [6, 6.07) is 9.97. The zero-order chi connectivity index (χ0) is 15.6. The van der Waals surface area contributed by atoms with E-state index in [0.29, 0.717) is 13.0 Å². The molecule has 4 nitrogen and oxygen atoms in total. The minimum atomic E-state index is -3.16. The van der Waals surface area contributed by atoms with Gasteiger partial charge in [-0.15, -0.1) is 0 Å². The van der Waals surface area contributed by atoms with Gasteiger partial charge in [-0.1, -0.05) is 44.2 Å². The van der Waals surface area contributed by atoms with Crippen LogP contribution in [-0.2, 0) is 10.0 Å². The van der Waals surface area contributed by atoms with E-state index in [0.717, 1.165) is 31.5 Å². The molecule has 0 saturated carbocycles. The maximum Gasteiger partial charge on any atom is 0.211 e. The standard InChI is InChI=1S/C16H28N2O2S/c1-3-11-17-12-7-8-13-21(19,20)18-14-15(2)16-9-5-4-6-10-16/h4-6,9-10,15,17-18H,3,7-8,11-14H2,1-2H3. The first-order valence-electron chi connectivity index (χ1n) is 7.78. The van der Waals surface area contributed by atoms with Gasteiger partial charge in [0.1, 0.15) is 0 Å². The van der Waals surface area contributed by atoms with Crippen molar-refractivity contribution >= 4 is 10.0 Å². The average Bonchev–Trinajstić information content (AvgIpc) is 2.49. The lowest BCUT2D eigenvalue weighted by Crippen LogP contribution is -2.30. The maximum absolute atomic E-state index is 11.9. The van der Waals surface area contributed by atoms with E-state index < -0.39 is 10.0 Å². The summed E-state index contributed by atoms with van der Waals surface area (Å²) in [4.78, 5) is 0. The van der Waals surface area contributed by atoms with Gasteiger partial charge in [0.15, 0.2) is 0 Å². The molecule has 0 saturated heterocycles. The highest BCUT2D eigenvalue weighted by Crippen LogP contribution is 2.13. The summed E-state index contributed by atoms with van der Waals surface area (Å²) in [5.74, 6) is 0.398. The van der Waals surface area contributed by atoms with E-state index in [1.54, 1.807) is 0 Å². The monoisotopic (exact) mass is 312 g/mol. The van der Waals surface area contributed by atoms with Crippen LogP contribution in [0.1, 0.15) is 44.6 Å². The van der Waals surface area contributed by atoms with Crippen molar-refractivity contribution in [3.05, 3.63) is 35.9 Å². The third kappa shape index (κ3) is 8.19. The van der Waals surface area contributed by atoms with E-state index in [-0.39, 0.29) is 11.7 Å². The number of unbranched alkanes of at least 4 members (excludes halogenated alkanes) is 1. The third-order valence-corrected chi connectivity index (χ3v) is 4.85. The summed E-state index contributed by atoms with van der Waals surface area (Å²) in [5, 5.41) is 3.28. The quantitative estimate of drug-likeness (QED) is 0.617. The van der Waals surface area contributed by atoms with Gasteiger partial charge in [-0.2, -0.15) is 0 Å². The third-order valence-electron chi connectivity index (χ3n) is 3.42. The minimum Gasteiger partial charge on any atom is -0.317 e. The van der Waals surface area contributed by atoms with Crippen molar-refractivity contribution in [2.24, 2.45) is 0 Å². The molecule has 0 aromatic heterocycles. The zero-order valence-electron chi connectivity index (χ0n) is 13.1. The van der Waals surface area contributed by atoms with E-state index in [1.807, 2.05) is 37.3 Å². The summed E-state index contributed by atoms with van der Waals surface area (Å²) in [6.07, 6.45) is 2.71. The molecule has 0 bridgehead atoms. The highest BCUT2D eigenvalue weighted by atomic mass is 32.2. The Labute approximate surface area is 129 Å². The highest BCUT2D eigenvalue weighted by Gasteiger charge is 2.12. The number of benzene rings is 1. The molecule has 0 aliphatic rings. The zero-order valence-corrected chi connectivity index (χ0v) is 14.0. The van der Waals surface area contributed by atoms with Gasteiger partial charge in [-0.25, -0.2) is 13.1 Å². The Morgan fingerprint density at radius 2 is 1.81 bits per heavy atom. The summed E-state index contributed by atoms with van der Waals surface area (Å²) < 4.78 is 26.6. The largest absolute Gasteiger partial charge is 0.317 e. The van der Waals surface area contributed by atoms with E-state index >= 15 is 0 Å². The van der Waals surface area contributed by atoms with Crippen LogP contribution in [0.2, 0.25) is 0 Å². The molecule has 5 heteroatoms. The lowest BCUT2D eigenvalue weighted by atomic mass is 10.0. The molecule has 1 rings (SSSR count). The molecular formula is C16H28N2O2S. The Hall–Kier alpha value is -0.910. The van der Waals surface area contributed by atoms with Crippen LogP contribution in [0.15, 0.2) is 30.3 Å². The molecule has 0 heterocycles. The molecule has 0 radical (unpaired) electrons. The van der Waals surface area contributed by atoms with Crippen molar-refractivity contribution in [3.8, 4) is 0 Å². The molecule has 2 N–H and O–H groups in total. The Bertz CT molecular complexity index is 474. The number of hydrogen-bond donors (Lipinski definition) is 2. The van der Waals surface area contributed by atoms with Gasteiger partial charge in [0.2, 0.25) is 10.0 Å². The summed E-state index contributed by atoms with van der Waals surface area (Å²) in [7, 11) is -3.16. The molecule has 1 aromatic carbocycles. The predicted octanol–water partition coefficient (Wildman–Crippen LogP) is 2.49. The van der Waals surface area contributed by atoms with Crippen molar-refractivity contribution in [3.63, 3.8) is 0 Å². The van der Waals surface area contributed by atoms with E-state index in [9.17, 15) is 8.42 Å². The van der Waals surface area contributed by atoms with Crippen molar-refractivity contribution < 1.29 is 8.42 Å². The molecule has 0 aliphatic heterocycles. The SMILES string of the molecule is CCCNCCCCS(=O)(=O)NCC(C)c1ccccc1. The number of hydrogen-bond acceptors (Lipinski definition) is 3. The fraction of sp³-hybridized carbons (Fsp3) is 0.625. The van der Waals surface area contributed by atoms with Crippen LogP contribution in [0, 0.1) is 0 Å². The smallest absolute Gasteiger partial charge is 0.211 e. The first kappa shape index (κ1) is 18.1. The second kappa shape index (κ2) is 9.92. The van der Waals surface area contributed by atoms with Gasteiger partial charge in [0, 0.05) is 6.54 Å². The number of sulfonamides is 1. The van der Waals surface area contributed by atoms with E-state index in [4.69, 9.17) is 0 Å². The molecule has 0 amide bonds. The molecule has 120 valence electrons.